The first kappa shape index (κ1) is 70.6. The van der Waals surface area contributed by atoms with Gasteiger partial charge in [0.25, 0.3) is 0 Å². The Labute approximate surface area is 672 Å². The maximum absolute atomic E-state index is 16.5. The lowest BCUT2D eigenvalue weighted by molar-refractivity contribution is -0.137. The number of aromatic nitrogens is 14. The van der Waals surface area contributed by atoms with E-state index >= 15 is 13.2 Å². The average molecular weight is 1530 g/mol. The number of fused-ring (bicyclic) bond motifs is 6. The molecule has 0 unspecified atom stereocenters. The van der Waals surface area contributed by atoms with Crippen LogP contribution in [0.15, 0.2) is 346 Å². The first-order valence-corrected chi connectivity index (χ1v) is 37.8. The number of rotatable bonds is 15. The van der Waals surface area contributed by atoms with Gasteiger partial charge in [-0.2, -0.15) is 18.4 Å². The van der Waals surface area contributed by atoms with E-state index in [2.05, 4.69) is 10.9 Å². The lowest BCUT2D eigenvalue weighted by Gasteiger charge is -2.21. The zero-order chi connectivity index (χ0) is 79.4. The van der Waals surface area contributed by atoms with E-state index in [1.54, 1.807) is 12.1 Å². The van der Waals surface area contributed by atoms with E-state index in [0.29, 0.717) is 136 Å². The van der Waals surface area contributed by atoms with E-state index in [1.165, 1.54) is 12.1 Å². The molecule has 19 heteroatoms. The Hall–Kier alpha value is -16.5. The summed E-state index contributed by atoms with van der Waals surface area (Å²) in [4.78, 5) is 65.6. The summed E-state index contributed by atoms with van der Waals surface area (Å²) in [5.41, 5.74) is 8.50. The van der Waals surface area contributed by atoms with Gasteiger partial charge in [-0.3, -0.25) is 0 Å². The van der Waals surface area contributed by atoms with Crippen LogP contribution in [-0.2, 0) is 6.18 Å². The average Bonchev–Trinajstić information content (AvgIpc) is 1.54. The van der Waals surface area contributed by atoms with Crippen molar-refractivity contribution in [2.45, 2.75) is 6.18 Å². The predicted molar refractivity (Wildman–Crippen MR) is 455 cm³/mol. The second kappa shape index (κ2) is 29.5. The molecule has 0 N–H and O–H groups in total. The molecule has 0 atom stereocenters. The second-order valence-electron chi connectivity index (χ2n) is 28.1. The van der Waals surface area contributed by atoms with Crippen molar-refractivity contribution in [3.63, 3.8) is 0 Å². The van der Waals surface area contributed by atoms with Crippen LogP contribution in [0.5, 0.6) is 0 Å². The van der Waals surface area contributed by atoms with Gasteiger partial charge in [-0.15, -0.1) is 0 Å². The summed E-state index contributed by atoms with van der Waals surface area (Å²) in [5.74, 6) is 4.49. The molecule has 0 spiro atoms. The highest BCUT2D eigenvalue weighted by Gasteiger charge is 2.36. The third-order valence-electron chi connectivity index (χ3n) is 20.8. The summed E-state index contributed by atoms with van der Waals surface area (Å²) in [6.07, 6.45) is -5.01. The summed E-state index contributed by atoms with van der Waals surface area (Å²) >= 11 is 0. The topological polar surface area (TPSA) is 193 Å². The van der Waals surface area contributed by atoms with Gasteiger partial charge in [0.1, 0.15) is 11.6 Å². The minimum atomic E-state index is -5.01. The van der Waals surface area contributed by atoms with Gasteiger partial charge in [0.2, 0.25) is 0 Å². The van der Waals surface area contributed by atoms with Crippen LogP contribution in [0.4, 0.5) is 18.9 Å². The van der Waals surface area contributed by atoms with Crippen LogP contribution in [0, 0.1) is 17.9 Å². The van der Waals surface area contributed by atoms with Crippen LogP contribution in [0.25, 0.3) is 208 Å². The first-order valence-electron chi connectivity index (χ1n) is 37.8. The number of nitrogens with zero attached hydrogens (tertiary/aromatic N) is 16. The molecule has 20 aromatic rings. The van der Waals surface area contributed by atoms with Crippen LogP contribution < -0.4 is 0 Å². The lowest BCUT2D eigenvalue weighted by atomic mass is 9.94. The molecule has 14 aromatic carbocycles. The van der Waals surface area contributed by atoms with Crippen molar-refractivity contribution in [1.82, 2.24) is 68.9 Å². The molecule has 16 nitrogen and oxygen atoms in total. The molecule has 20 rings (SSSR count). The number of hydrogen-bond acceptors (Lipinski definition) is 13. The Morgan fingerprint density at radius 1 is 0.254 bits per heavy atom. The number of hydrogen-bond donors (Lipinski definition) is 0. The maximum Gasteiger partial charge on any atom is 0.415 e. The largest absolute Gasteiger partial charge is 0.415 e. The van der Waals surface area contributed by atoms with E-state index in [9.17, 15) is 5.26 Å². The van der Waals surface area contributed by atoms with E-state index in [1.807, 2.05) is 325 Å². The SMILES string of the molecule is [C-]#[N+]c1cccc(C(F)(F)F)c1-c1cc(-n2c3cc(-c4nc(-c5ccccc5)nc(-c5ccccc5)n4)ccc3c3ccc(-c4nc(-c5ccccc5)nc(-c5ccccc5)n4)cc32)c(C#N)c(-n2c3cc(-c4nc(-c5ccccc5)nc(-c5ccccc5)n4)ccc3c3ccc(-c4nc(-c5ccccc5)nc(-c5ccccc5)n4)cc32)c1. The molecular formula is C99H57F3N16. The fourth-order valence-corrected chi connectivity index (χ4v) is 15.3. The van der Waals surface area contributed by atoms with Gasteiger partial charge in [-0.1, -0.05) is 309 Å². The Bertz CT molecular complexity index is 6420. The molecule has 0 radical (unpaired) electrons. The molecule has 0 fully saturated rings. The third-order valence-corrected chi connectivity index (χ3v) is 20.8. The molecule has 0 aliphatic rings. The van der Waals surface area contributed by atoms with Gasteiger partial charge in [0.15, 0.2) is 75.6 Å². The number of nitriles is 1. The molecule has 6 heterocycles. The Kier molecular flexibility index (Phi) is 17.7. The zero-order valence-electron chi connectivity index (χ0n) is 62.2. The summed E-state index contributed by atoms with van der Waals surface area (Å²) in [7, 11) is 0. The fourth-order valence-electron chi connectivity index (χ4n) is 15.3. The number of alkyl halides is 3. The Morgan fingerprint density at radius 2 is 0.475 bits per heavy atom. The Morgan fingerprint density at radius 3 is 0.678 bits per heavy atom. The molecule has 6 aromatic heterocycles. The van der Waals surface area contributed by atoms with Crippen LogP contribution in [0.1, 0.15) is 11.1 Å². The van der Waals surface area contributed by atoms with E-state index in [-0.39, 0.29) is 28.2 Å². The molecule has 0 aliphatic heterocycles. The van der Waals surface area contributed by atoms with Gasteiger partial charge < -0.3 is 9.13 Å². The molecule has 554 valence electrons. The maximum atomic E-state index is 16.5. The Balaban J connectivity index is 0.919. The molecule has 0 bridgehead atoms. The molecule has 0 aliphatic carbocycles. The van der Waals surface area contributed by atoms with Crippen LogP contribution >= 0.6 is 0 Å². The number of halogens is 3. The highest BCUT2D eigenvalue weighted by atomic mass is 19.4. The molecule has 0 saturated carbocycles. The van der Waals surface area contributed by atoms with Gasteiger partial charge >= 0.3 is 6.18 Å². The summed E-state index contributed by atoms with van der Waals surface area (Å²) in [6, 6.07) is 110. The third kappa shape index (κ3) is 13.1. The first-order chi connectivity index (χ1) is 58.0. The van der Waals surface area contributed by atoms with Gasteiger partial charge in [0.05, 0.1) is 45.6 Å². The van der Waals surface area contributed by atoms with Crippen molar-refractivity contribution >= 4 is 49.3 Å². The van der Waals surface area contributed by atoms with Crippen LogP contribution in [0.2, 0.25) is 0 Å². The summed E-state index contributed by atoms with van der Waals surface area (Å²) < 4.78 is 53.2. The number of benzene rings is 14. The van der Waals surface area contributed by atoms with Crippen molar-refractivity contribution in [2.24, 2.45) is 0 Å². The molecule has 0 saturated heterocycles. The minimum Gasteiger partial charge on any atom is -0.308 e. The van der Waals surface area contributed by atoms with E-state index in [4.69, 9.17) is 66.4 Å². The molecule has 118 heavy (non-hydrogen) atoms. The van der Waals surface area contributed by atoms with Crippen LogP contribution in [0.3, 0.4) is 0 Å². The van der Waals surface area contributed by atoms with Crippen molar-refractivity contribution in [2.75, 3.05) is 0 Å². The predicted octanol–water partition coefficient (Wildman–Crippen LogP) is 23.7. The molecular weight excluding hydrogens is 1470 g/mol. The van der Waals surface area contributed by atoms with Gasteiger partial charge in [-0.25, -0.2) is 64.7 Å². The molecule has 0 amide bonds. The fraction of sp³-hybridized carbons (Fsp3) is 0.0101. The summed E-state index contributed by atoms with van der Waals surface area (Å²) in [5, 5.41) is 15.6. The van der Waals surface area contributed by atoms with Gasteiger partial charge in [-0.05, 0) is 47.5 Å². The highest BCUT2D eigenvalue weighted by molar-refractivity contribution is 6.13. The monoisotopic (exact) mass is 1530 g/mol. The summed E-state index contributed by atoms with van der Waals surface area (Å²) in [6.45, 7) is 8.74. The van der Waals surface area contributed by atoms with Gasteiger partial charge in [0, 0.05) is 88.3 Å². The lowest BCUT2D eigenvalue weighted by Crippen LogP contribution is -2.09. The van der Waals surface area contributed by atoms with Crippen molar-refractivity contribution in [1.29, 1.82) is 5.26 Å². The zero-order valence-corrected chi connectivity index (χ0v) is 62.2. The van der Waals surface area contributed by atoms with E-state index in [0.717, 1.165) is 50.6 Å². The minimum absolute atomic E-state index is 0.00775. The van der Waals surface area contributed by atoms with Crippen molar-refractivity contribution in [3.8, 4) is 165 Å². The normalized spacial score (nSPS) is 11.5. The standard InChI is InChI=1S/C99H57F3N16/c1-104-79-44-26-43-78(99(100,101)102)86(79)72-57-84(117-80-53-68(95-109-87(60-27-10-2-11-28-60)105-88(110-95)61-29-12-3-13-30-61)45-49-73(80)74-50-46-69(54-81(74)117)96-111-89(62-31-14-4-15-32-62)106-90(112-96)63-33-16-5-17-34-63)77(59-103)85(58-72)118-82-55-70(97-113-91(64-35-18-6-19-36-64)107-92(114-97)65-37-20-7-21-38-65)47-51-75(82)76-52-48-71(56-83(76)118)98-115-93(66-39-22-8-23-40-66)108-94(116-98)67-41-24-9-25-42-67/h2-58H. The van der Waals surface area contributed by atoms with E-state index < -0.39 is 17.3 Å². The quantitative estimate of drug-likeness (QED) is 0.0881. The van der Waals surface area contributed by atoms with Crippen molar-refractivity contribution in [3.05, 3.63) is 368 Å². The van der Waals surface area contributed by atoms with Crippen molar-refractivity contribution < 1.29 is 13.2 Å². The highest BCUT2D eigenvalue weighted by Crippen LogP contribution is 2.48. The van der Waals surface area contributed by atoms with Crippen LogP contribution in [-0.4, -0.2) is 68.9 Å². The smallest absolute Gasteiger partial charge is 0.308 e. The second-order valence-corrected chi connectivity index (χ2v) is 28.1.